The minimum absolute atomic E-state index is 0.216. The number of carbonyl (C=O) groups is 2. The van der Waals surface area contributed by atoms with Crippen molar-refractivity contribution in [2.45, 2.75) is 17.2 Å². The number of rotatable bonds is 7. The quantitative estimate of drug-likeness (QED) is 0.130. The minimum atomic E-state index is -5.71. The Hall–Kier alpha value is -5.14. The van der Waals surface area contributed by atoms with Crippen LogP contribution in [-0.2, 0) is 22.5 Å². The van der Waals surface area contributed by atoms with E-state index in [1.165, 1.54) is 0 Å². The third kappa shape index (κ3) is 6.05. The summed E-state index contributed by atoms with van der Waals surface area (Å²) in [6.45, 7) is 0. The number of alkyl halides is 6. The van der Waals surface area contributed by atoms with Gasteiger partial charge in [-0.25, -0.2) is 9.59 Å². The van der Waals surface area contributed by atoms with Gasteiger partial charge in [-0.3, -0.25) is 14.9 Å². The molecule has 0 spiro atoms. The first-order valence-corrected chi connectivity index (χ1v) is 11.6. The lowest BCUT2D eigenvalue weighted by atomic mass is 9.94. The molecule has 0 atom stereocenters. The first-order valence-electron chi connectivity index (χ1n) is 10.2. The molecule has 1 aromatic heterocycles. The summed E-state index contributed by atoms with van der Waals surface area (Å²) in [6, 6.07) is 0.494. The largest absolute Gasteiger partial charge is 0.478 e. The minimum Gasteiger partial charge on any atom is -0.478 e. The maximum absolute atomic E-state index is 13.3. The molecule has 41 heavy (non-hydrogen) atoms. The van der Waals surface area contributed by atoms with Crippen molar-refractivity contribution < 1.29 is 63.7 Å². The highest BCUT2D eigenvalue weighted by molar-refractivity contribution is 7.87. The molecule has 0 aliphatic carbocycles. The fourth-order valence-electron chi connectivity index (χ4n) is 3.45. The number of hydrogen-bond acceptors (Lipinski definition) is 9. The molecule has 2 aromatic carbocycles. The second-order valence-corrected chi connectivity index (χ2v) is 9.37. The average molecular weight is 611 g/mol. The lowest BCUT2D eigenvalue weighted by Crippen LogP contribution is -2.24. The van der Waals surface area contributed by atoms with Crippen molar-refractivity contribution in [2.75, 3.05) is 5.73 Å². The van der Waals surface area contributed by atoms with Gasteiger partial charge < -0.3 is 25.1 Å². The second-order valence-electron chi connectivity index (χ2n) is 7.82. The van der Waals surface area contributed by atoms with E-state index in [-0.39, 0.29) is 18.2 Å². The van der Waals surface area contributed by atoms with Gasteiger partial charge in [-0.2, -0.15) is 34.8 Å². The Balaban J connectivity index is 2.41. The van der Waals surface area contributed by atoms with Crippen LogP contribution < -0.4 is 15.5 Å². The molecule has 0 radical (unpaired) electrons. The van der Waals surface area contributed by atoms with Crippen LogP contribution in [0.5, 0.6) is 5.75 Å². The monoisotopic (exact) mass is 611 g/mol. The summed E-state index contributed by atoms with van der Waals surface area (Å²) < 4.78 is 110. The number of aromatic nitrogens is 1. The lowest BCUT2D eigenvalue weighted by molar-refractivity contribution is -0.384. The Morgan fingerprint density at radius 1 is 0.927 bits per heavy atom. The highest BCUT2D eigenvalue weighted by atomic mass is 32.2. The van der Waals surface area contributed by atoms with E-state index in [4.69, 9.17) is 5.73 Å². The van der Waals surface area contributed by atoms with Crippen molar-refractivity contribution in [1.29, 1.82) is 0 Å². The number of nitro benzene ring substituents is 1. The molecule has 20 heteroatoms. The number of halogens is 6. The molecule has 0 aliphatic heterocycles. The lowest BCUT2D eigenvalue weighted by Gasteiger charge is -2.17. The van der Waals surface area contributed by atoms with Gasteiger partial charge in [0, 0.05) is 23.3 Å². The summed E-state index contributed by atoms with van der Waals surface area (Å²) in [6.07, 6.45) is -10.9. The van der Waals surface area contributed by atoms with Crippen molar-refractivity contribution in [3.63, 3.8) is 0 Å². The summed E-state index contributed by atoms with van der Waals surface area (Å²) in [5, 5.41) is 30.5. The van der Waals surface area contributed by atoms with Crippen LogP contribution in [0.2, 0.25) is 0 Å². The normalized spacial score (nSPS) is 12.1. The van der Waals surface area contributed by atoms with Gasteiger partial charge in [0.25, 0.3) is 11.2 Å². The van der Waals surface area contributed by atoms with Crippen LogP contribution in [-0.4, -0.2) is 40.5 Å². The number of aromatic carboxylic acids is 2. The van der Waals surface area contributed by atoms with Gasteiger partial charge in [-0.05, 0) is 24.3 Å². The third-order valence-electron chi connectivity index (χ3n) is 5.16. The molecule has 0 saturated carbocycles. The standard InChI is InChI=1S/C21H11F6N3O10S/c22-20(23,24)7-3-8(21(25,26)27)5-10(4-7)41(38,39)40-12-2-1-9(30(36)37)6-11(12)13-14(18(32)33)16(28)29-17(31)15(13)19(34)35/h1-6H,(H,32,33)(H,34,35)(H3,28,29,31). The van der Waals surface area contributed by atoms with Crippen LogP contribution in [0, 0.1) is 10.1 Å². The van der Waals surface area contributed by atoms with Crippen molar-refractivity contribution in [2.24, 2.45) is 0 Å². The number of nitro groups is 1. The van der Waals surface area contributed by atoms with Gasteiger partial charge in [-0.15, -0.1) is 0 Å². The van der Waals surface area contributed by atoms with E-state index < -0.39 is 100 Å². The zero-order valence-electron chi connectivity index (χ0n) is 19.3. The molecule has 218 valence electrons. The van der Waals surface area contributed by atoms with Gasteiger partial charge in [0.05, 0.1) is 16.1 Å². The van der Waals surface area contributed by atoms with Crippen molar-refractivity contribution in [1.82, 2.24) is 4.98 Å². The van der Waals surface area contributed by atoms with E-state index in [0.717, 1.165) is 0 Å². The number of nitrogens with two attached hydrogens (primary N) is 1. The van der Waals surface area contributed by atoms with E-state index in [9.17, 15) is 69.5 Å². The van der Waals surface area contributed by atoms with E-state index in [1.807, 2.05) is 0 Å². The molecule has 1 heterocycles. The number of nitrogens with zero attached hydrogens (tertiary/aromatic N) is 1. The van der Waals surface area contributed by atoms with Gasteiger partial charge >= 0.3 is 34.4 Å². The van der Waals surface area contributed by atoms with E-state index in [2.05, 4.69) is 4.18 Å². The number of pyridine rings is 1. The van der Waals surface area contributed by atoms with Crippen LogP contribution in [0.25, 0.3) is 11.1 Å². The Bertz CT molecular complexity index is 1750. The van der Waals surface area contributed by atoms with Crippen LogP contribution in [0.4, 0.5) is 37.8 Å². The second kappa shape index (κ2) is 10.1. The van der Waals surface area contributed by atoms with Gasteiger partial charge in [0.2, 0.25) is 0 Å². The summed E-state index contributed by atoms with van der Waals surface area (Å²) in [7, 11) is -5.71. The molecule has 3 aromatic rings. The molecular formula is C21H11F6N3O10S. The number of aromatic amines is 1. The predicted molar refractivity (Wildman–Crippen MR) is 122 cm³/mol. The molecule has 0 fully saturated rings. The number of benzene rings is 2. The van der Waals surface area contributed by atoms with Crippen LogP contribution in [0.15, 0.2) is 46.1 Å². The van der Waals surface area contributed by atoms with E-state index in [0.29, 0.717) is 18.2 Å². The predicted octanol–water partition coefficient (Wildman–Crippen LogP) is 3.73. The van der Waals surface area contributed by atoms with Crippen LogP contribution in [0.3, 0.4) is 0 Å². The van der Waals surface area contributed by atoms with E-state index in [1.54, 1.807) is 4.98 Å². The number of H-pyrrole nitrogens is 1. The maximum Gasteiger partial charge on any atom is 0.416 e. The summed E-state index contributed by atoms with van der Waals surface area (Å²) in [5.74, 6) is -6.41. The van der Waals surface area contributed by atoms with Crippen molar-refractivity contribution >= 4 is 33.6 Å². The molecule has 3 rings (SSSR count). The summed E-state index contributed by atoms with van der Waals surface area (Å²) in [4.78, 5) is 46.3. The molecule has 0 unspecified atom stereocenters. The number of anilines is 1. The Kier molecular flexibility index (Phi) is 7.50. The molecule has 13 nitrogen and oxygen atoms in total. The van der Waals surface area contributed by atoms with Gasteiger partial charge in [-0.1, -0.05) is 0 Å². The summed E-state index contributed by atoms with van der Waals surface area (Å²) in [5.41, 5.74) is -6.13. The first-order chi connectivity index (χ1) is 18.6. The van der Waals surface area contributed by atoms with E-state index >= 15 is 0 Å². The molecular weight excluding hydrogens is 600 g/mol. The number of carboxylic acids is 2. The Labute approximate surface area is 221 Å². The van der Waals surface area contributed by atoms with Gasteiger partial charge in [0.1, 0.15) is 21.8 Å². The molecule has 0 bridgehead atoms. The zero-order chi connectivity index (χ0) is 31.2. The topological polar surface area (TPSA) is 220 Å². The van der Waals surface area contributed by atoms with Crippen LogP contribution >= 0.6 is 0 Å². The number of non-ortho nitro benzene ring substituents is 1. The number of carboxylic acid groups (broad SMARTS) is 2. The SMILES string of the molecule is Nc1[nH]c(=O)c(C(=O)O)c(-c2cc([N+](=O)[O-])ccc2OS(=O)(=O)c2cc(C(F)(F)F)cc(C(F)(F)F)c2)c1C(=O)O. The first kappa shape index (κ1) is 30.4. The molecule has 0 aliphatic rings. The van der Waals surface area contributed by atoms with Gasteiger partial charge in [0.15, 0.2) is 5.75 Å². The third-order valence-corrected chi connectivity index (χ3v) is 6.38. The Morgan fingerprint density at radius 2 is 1.44 bits per heavy atom. The highest BCUT2D eigenvalue weighted by Gasteiger charge is 2.39. The zero-order valence-corrected chi connectivity index (χ0v) is 20.1. The molecule has 0 amide bonds. The fourth-order valence-corrected chi connectivity index (χ4v) is 4.47. The average Bonchev–Trinajstić information content (AvgIpc) is 2.81. The van der Waals surface area contributed by atoms with Crippen molar-refractivity contribution in [3.05, 3.63) is 79.1 Å². The van der Waals surface area contributed by atoms with Crippen molar-refractivity contribution in [3.8, 4) is 16.9 Å². The molecule has 0 saturated heterocycles. The highest BCUT2D eigenvalue weighted by Crippen LogP contribution is 2.41. The number of hydrogen-bond donors (Lipinski definition) is 4. The summed E-state index contributed by atoms with van der Waals surface area (Å²) >= 11 is 0. The molecule has 5 N–H and O–H groups in total. The Morgan fingerprint density at radius 3 is 1.88 bits per heavy atom. The van der Waals surface area contributed by atoms with Crippen LogP contribution in [0.1, 0.15) is 31.8 Å². The number of nitrogens with one attached hydrogen (secondary N) is 1. The maximum atomic E-state index is 13.3. The number of nitrogen functional groups attached to an aromatic ring is 1. The smallest absolute Gasteiger partial charge is 0.416 e. The fraction of sp³-hybridized carbons (Fsp3) is 0.0952.